The molecule has 0 radical (unpaired) electrons. The lowest BCUT2D eigenvalue weighted by molar-refractivity contribution is -0.125. The molecule has 3 N–H and O–H groups in total. The molecule has 0 bridgehead atoms. The largest absolute Gasteiger partial charge is 0.368 e. The molecule has 1 atom stereocenters. The summed E-state index contributed by atoms with van der Waals surface area (Å²) in [5, 5.41) is 7.48. The molecule has 1 heterocycles. The van der Waals surface area contributed by atoms with E-state index in [4.69, 9.17) is 5.73 Å². The van der Waals surface area contributed by atoms with Crippen molar-refractivity contribution in [3.8, 4) is 0 Å². The number of hydrogen-bond acceptors (Lipinski definition) is 3. The maximum atomic E-state index is 12.1. The molecule has 0 saturated heterocycles. The number of nitrogens with zero attached hydrogens (tertiary/aromatic N) is 2. The van der Waals surface area contributed by atoms with Gasteiger partial charge in [-0.1, -0.05) is 37.3 Å². The van der Waals surface area contributed by atoms with Crippen LogP contribution in [-0.4, -0.2) is 22.2 Å². The standard InChI is InChI=1S/C14H17IN4O/c1-2-17-14(13(16)20,11-6-4-3-5-7-11)10-19-9-12(15)8-18-19/h3-9,17H,2,10H2,1H3,(H2,16,20). The van der Waals surface area contributed by atoms with Crippen LogP contribution in [0.2, 0.25) is 0 Å². The van der Waals surface area contributed by atoms with Crippen LogP contribution in [0.1, 0.15) is 12.5 Å². The van der Waals surface area contributed by atoms with Crippen molar-refractivity contribution in [2.24, 2.45) is 5.73 Å². The monoisotopic (exact) mass is 384 g/mol. The van der Waals surface area contributed by atoms with Gasteiger partial charge in [-0.2, -0.15) is 5.10 Å². The summed E-state index contributed by atoms with van der Waals surface area (Å²) in [4.78, 5) is 12.1. The highest BCUT2D eigenvalue weighted by Gasteiger charge is 2.38. The number of aromatic nitrogens is 2. The molecule has 0 fully saturated rings. The van der Waals surface area contributed by atoms with Gasteiger partial charge in [0.15, 0.2) is 0 Å². The summed E-state index contributed by atoms with van der Waals surface area (Å²) >= 11 is 2.19. The van der Waals surface area contributed by atoms with Crippen LogP contribution in [-0.2, 0) is 16.9 Å². The second-order valence-electron chi connectivity index (χ2n) is 4.52. The van der Waals surface area contributed by atoms with Crippen molar-refractivity contribution >= 4 is 28.5 Å². The second-order valence-corrected chi connectivity index (χ2v) is 5.77. The number of nitrogens with two attached hydrogens (primary N) is 1. The maximum Gasteiger partial charge on any atom is 0.244 e. The smallest absolute Gasteiger partial charge is 0.244 e. The van der Waals surface area contributed by atoms with Crippen LogP contribution in [0.5, 0.6) is 0 Å². The number of likely N-dealkylation sites (N-methyl/N-ethyl adjacent to an activating group) is 1. The molecule has 1 aromatic carbocycles. The van der Waals surface area contributed by atoms with E-state index < -0.39 is 11.4 Å². The summed E-state index contributed by atoms with van der Waals surface area (Å²) in [7, 11) is 0. The Morgan fingerprint density at radius 2 is 2.15 bits per heavy atom. The number of hydrogen-bond donors (Lipinski definition) is 2. The predicted molar refractivity (Wildman–Crippen MR) is 85.9 cm³/mol. The zero-order valence-electron chi connectivity index (χ0n) is 11.2. The molecule has 106 valence electrons. The fourth-order valence-electron chi connectivity index (χ4n) is 2.25. The summed E-state index contributed by atoms with van der Waals surface area (Å²) < 4.78 is 2.76. The van der Waals surface area contributed by atoms with Crippen LogP contribution in [0.25, 0.3) is 0 Å². The van der Waals surface area contributed by atoms with Gasteiger partial charge in [0.25, 0.3) is 0 Å². The van der Waals surface area contributed by atoms with Gasteiger partial charge in [0.2, 0.25) is 5.91 Å². The van der Waals surface area contributed by atoms with E-state index in [0.717, 1.165) is 9.13 Å². The summed E-state index contributed by atoms with van der Waals surface area (Å²) in [6, 6.07) is 9.52. The van der Waals surface area contributed by atoms with Gasteiger partial charge in [0.05, 0.1) is 16.3 Å². The highest BCUT2D eigenvalue weighted by Crippen LogP contribution is 2.23. The Hall–Kier alpha value is -1.41. The van der Waals surface area contributed by atoms with Gasteiger partial charge >= 0.3 is 0 Å². The van der Waals surface area contributed by atoms with Crippen LogP contribution >= 0.6 is 22.6 Å². The number of rotatable bonds is 6. The number of halogens is 1. The third kappa shape index (κ3) is 3.01. The van der Waals surface area contributed by atoms with Crippen molar-refractivity contribution in [2.45, 2.75) is 19.0 Å². The van der Waals surface area contributed by atoms with Gasteiger partial charge in [0.1, 0.15) is 5.54 Å². The van der Waals surface area contributed by atoms with Gasteiger partial charge in [0, 0.05) is 6.20 Å². The Kier molecular flexibility index (Phi) is 4.77. The van der Waals surface area contributed by atoms with E-state index in [-0.39, 0.29) is 0 Å². The molecule has 1 unspecified atom stereocenters. The highest BCUT2D eigenvalue weighted by molar-refractivity contribution is 14.1. The van der Waals surface area contributed by atoms with Gasteiger partial charge in [-0.25, -0.2) is 0 Å². The third-order valence-electron chi connectivity index (χ3n) is 3.17. The zero-order chi connectivity index (χ0) is 14.6. The van der Waals surface area contributed by atoms with E-state index in [2.05, 4.69) is 33.0 Å². The molecular formula is C14H17IN4O. The topological polar surface area (TPSA) is 72.9 Å². The van der Waals surface area contributed by atoms with E-state index in [1.807, 2.05) is 43.5 Å². The fourth-order valence-corrected chi connectivity index (χ4v) is 2.69. The minimum atomic E-state index is -0.953. The molecule has 20 heavy (non-hydrogen) atoms. The number of carbonyl (C=O) groups excluding carboxylic acids is 1. The van der Waals surface area contributed by atoms with Crippen LogP contribution < -0.4 is 11.1 Å². The second kappa shape index (κ2) is 6.36. The first-order valence-electron chi connectivity index (χ1n) is 6.37. The molecule has 1 aromatic heterocycles. The third-order valence-corrected chi connectivity index (χ3v) is 3.72. The minimum absolute atomic E-state index is 0.364. The number of carbonyl (C=O) groups is 1. The molecule has 6 heteroatoms. The molecule has 2 aromatic rings. The number of amides is 1. The average molecular weight is 384 g/mol. The lowest BCUT2D eigenvalue weighted by Gasteiger charge is -2.32. The number of nitrogens with one attached hydrogen (secondary N) is 1. The summed E-state index contributed by atoms with van der Waals surface area (Å²) in [5.41, 5.74) is 5.59. The number of benzene rings is 1. The van der Waals surface area contributed by atoms with Crippen molar-refractivity contribution in [1.82, 2.24) is 15.1 Å². The van der Waals surface area contributed by atoms with Crippen molar-refractivity contribution in [1.29, 1.82) is 0 Å². The molecule has 0 saturated carbocycles. The van der Waals surface area contributed by atoms with Crippen molar-refractivity contribution in [2.75, 3.05) is 6.54 Å². The van der Waals surface area contributed by atoms with E-state index in [9.17, 15) is 4.79 Å². The lowest BCUT2D eigenvalue weighted by atomic mass is 9.88. The van der Waals surface area contributed by atoms with E-state index >= 15 is 0 Å². The van der Waals surface area contributed by atoms with Gasteiger partial charge < -0.3 is 5.73 Å². The Bertz CT molecular complexity index is 584. The Morgan fingerprint density at radius 1 is 1.45 bits per heavy atom. The Balaban J connectivity index is 2.44. The van der Waals surface area contributed by atoms with Crippen molar-refractivity contribution in [3.63, 3.8) is 0 Å². The molecule has 1 amide bonds. The maximum absolute atomic E-state index is 12.1. The van der Waals surface area contributed by atoms with Gasteiger partial charge in [-0.05, 0) is 34.7 Å². The first kappa shape index (κ1) is 15.0. The molecule has 5 nitrogen and oxygen atoms in total. The van der Waals surface area contributed by atoms with E-state index in [1.165, 1.54) is 0 Å². The normalized spacial score (nSPS) is 13.9. The highest BCUT2D eigenvalue weighted by atomic mass is 127. The van der Waals surface area contributed by atoms with Crippen LogP contribution in [0, 0.1) is 3.57 Å². The molecular weight excluding hydrogens is 367 g/mol. The van der Waals surface area contributed by atoms with Crippen molar-refractivity contribution < 1.29 is 4.79 Å². The average Bonchev–Trinajstić information content (AvgIpc) is 2.84. The quantitative estimate of drug-likeness (QED) is 0.742. The van der Waals surface area contributed by atoms with E-state index in [0.29, 0.717) is 13.1 Å². The van der Waals surface area contributed by atoms with Crippen LogP contribution in [0.4, 0.5) is 0 Å². The Labute approximate surface area is 131 Å². The summed E-state index contributed by atoms with van der Waals surface area (Å²) in [6.45, 7) is 2.95. The molecule has 0 spiro atoms. The fraction of sp³-hybridized carbons (Fsp3) is 0.286. The first-order valence-corrected chi connectivity index (χ1v) is 7.45. The van der Waals surface area contributed by atoms with Crippen LogP contribution in [0.15, 0.2) is 42.7 Å². The number of primary amides is 1. The van der Waals surface area contributed by atoms with Crippen molar-refractivity contribution in [3.05, 3.63) is 51.9 Å². The van der Waals surface area contributed by atoms with Gasteiger partial charge in [-0.15, -0.1) is 0 Å². The predicted octanol–water partition coefficient (Wildman–Crippen LogP) is 1.48. The molecule has 2 rings (SSSR count). The zero-order valence-corrected chi connectivity index (χ0v) is 13.4. The first-order chi connectivity index (χ1) is 9.58. The molecule has 0 aliphatic heterocycles. The van der Waals surface area contributed by atoms with Crippen LogP contribution in [0.3, 0.4) is 0 Å². The molecule has 0 aliphatic rings. The van der Waals surface area contributed by atoms with E-state index in [1.54, 1.807) is 10.9 Å². The molecule has 0 aliphatic carbocycles. The minimum Gasteiger partial charge on any atom is -0.368 e. The Morgan fingerprint density at radius 3 is 2.65 bits per heavy atom. The summed E-state index contributed by atoms with van der Waals surface area (Å²) in [6.07, 6.45) is 3.64. The summed E-state index contributed by atoms with van der Waals surface area (Å²) in [5.74, 6) is -0.406. The SMILES string of the molecule is CCNC(Cn1cc(I)cn1)(C(N)=O)c1ccccc1. The van der Waals surface area contributed by atoms with Gasteiger partial charge in [-0.3, -0.25) is 14.8 Å². The lowest BCUT2D eigenvalue weighted by Crippen LogP contribution is -2.55.